The minimum Gasteiger partial charge on any atom is -0.326 e. The summed E-state index contributed by atoms with van der Waals surface area (Å²) in [6.45, 7) is 6.54. The largest absolute Gasteiger partial charge is 0.326 e. The highest BCUT2D eigenvalue weighted by atomic mass is 19.1. The highest BCUT2D eigenvalue weighted by molar-refractivity contribution is 5.24. The molecule has 112 valence electrons. The lowest BCUT2D eigenvalue weighted by atomic mass is 10.1. The van der Waals surface area contributed by atoms with Crippen LogP contribution in [0.25, 0.3) is 0 Å². The third-order valence-electron chi connectivity index (χ3n) is 3.53. The molecule has 0 unspecified atom stereocenters. The van der Waals surface area contributed by atoms with E-state index in [0.717, 1.165) is 30.0 Å². The van der Waals surface area contributed by atoms with Crippen LogP contribution in [0.2, 0.25) is 0 Å². The Balaban J connectivity index is 2.08. The van der Waals surface area contributed by atoms with Crippen LogP contribution in [0.3, 0.4) is 0 Å². The van der Waals surface area contributed by atoms with Crippen LogP contribution in [0.1, 0.15) is 29.4 Å². The fourth-order valence-electron chi connectivity index (χ4n) is 2.28. The predicted octanol–water partition coefficient (Wildman–Crippen LogP) is 3.01. The molecule has 0 aliphatic heterocycles. The Morgan fingerprint density at radius 2 is 2.00 bits per heavy atom. The van der Waals surface area contributed by atoms with E-state index in [1.807, 2.05) is 37.3 Å². The van der Waals surface area contributed by atoms with Gasteiger partial charge in [0.15, 0.2) is 0 Å². The average Bonchev–Trinajstić information content (AvgIpc) is 2.48. The molecule has 1 aromatic heterocycles. The molecule has 0 spiro atoms. The van der Waals surface area contributed by atoms with Crippen LogP contribution in [0.4, 0.5) is 4.39 Å². The van der Waals surface area contributed by atoms with Gasteiger partial charge >= 0.3 is 0 Å². The lowest BCUT2D eigenvalue weighted by Crippen LogP contribution is -2.23. The molecule has 21 heavy (non-hydrogen) atoms. The van der Waals surface area contributed by atoms with E-state index in [1.54, 1.807) is 0 Å². The van der Waals surface area contributed by atoms with E-state index in [1.165, 1.54) is 6.07 Å². The number of rotatable bonds is 6. The standard InChI is InChI=1S/C17H22FN3/c1-3-21(12-16-6-4-5-13(2)20-16)11-15-8-7-14(10-19)9-17(15)18/h4-9H,3,10-12,19H2,1-2H3. The van der Waals surface area contributed by atoms with Crippen molar-refractivity contribution in [2.75, 3.05) is 6.54 Å². The van der Waals surface area contributed by atoms with Gasteiger partial charge < -0.3 is 5.73 Å². The summed E-state index contributed by atoms with van der Waals surface area (Å²) in [5, 5.41) is 0. The number of hydrogen-bond acceptors (Lipinski definition) is 3. The first kappa shape index (κ1) is 15.6. The lowest BCUT2D eigenvalue weighted by Gasteiger charge is -2.20. The number of halogens is 1. The van der Waals surface area contributed by atoms with Gasteiger partial charge in [-0.25, -0.2) is 4.39 Å². The van der Waals surface area contributed by atoms with Crippen LogP contribution < -0.4 is 5.73 Å². The molecule has 0 saturated heterocycles. The summed E-state index contributed by atoms with van der Waals surface area (Å²) in [4.78, 5) is 6.67. The van der Waals surface area contributed by atoms with Crippen LogP contribution >= 0.6 is 0 Å². The number of nitrogens with two attached hydrogens (primary N) is 1. The summed E-state index contributed by atoms with van der Waals surface area (Å²) >= 11 is 0. The van der Waals surface area contributed by atoms with Crippen molar-refractivity contribution < 1.29 is 4.39 Å². The smallest absolute Gasteiger partial charge is 0.128 e. The van der Waals surface area contributed by atoms with Gasteiger partial charge in [-0.15, -0.1) is 0 Å². The minimum absolute atomic E-state index is 0.186. The van der Waals surface area contributed by atoms with E-state index < -0.39 is 0 Å². The van der Waals surface area contributed by atoms with Crippen molar-refractivity contribution >= 4 is 0 Å². The Bertz CT molecular complexity index is 598. The van der Waals surface area contributed by atoms with Gasteiger partial charge in [0.1, 0.15) is 5.82 Å². The molecule has 0 aliphatic carbocycles. The Morgan fingerprint density at radius 3 is 2.62 bits per heavy atom. The molecule has 0 fully saturated rings. The second-order valence-electron chi connectivity index (χ2n) is 5.20. The van der Waals surface area contributed by atoms with Gasteiger partial charge in [-0.2, -0.15) is 0 Å². The third kappa shape index (κ3) is 4.34. The molecule has 1 heterocycles. The highest BCUT2D eigenvalue weighted by Crippen LogP contribution is 2.14. The molecule has 2 N–H and O–H groups in total. The molecular formula is C17H22FN3. The van der Waals surface area contributed by atoms with Gasteiger partial charge in [0, 0.05) is 30.9 Å². The SMILES string of the molecule is CCN(Cc1cccc(C)n1)Cc1ccc(CN)cc1F. The van der Waals surface area contributed by atoms with Crippen molar-refractivity contribution in [1.82, 2.24) is 9.88 Å². The quantitative estimate of drug-likeness (QED) is 0.888. The van der Waals surface area contributed by atoms with Crippen molar-refractivity contribution in [1.29, 1.82) is 0 Å². The number of aromatic nitrogens is 1. The number of benzene rings is 1. The Kier molecular flexibility index (Phi) is 5.42. The monoisotopic (exact) mass is 287 g/mol. The van der Waals surface area contributed by atoms with E-state index in [9.17, 15) is 4.39 Å². The molecule has 0 amide bonds. The zero-order valence-corrected chi connectivity index (χ0v) is 12.6. The highest BCUT2D eigenvalue weighted by Gasteiger charge is 2.10. The van der Waals surface area contributed by atoms with Crippen LogP contribution in [0.5, 0.6) is 0 Å². The summed E-state index contributed by atoms with van der Waals surface area (Å²) in [6, 6.07) is 11.2. The lowest BCUT2D eigenvalue weighted by molar-refractivity contribution is 0.264. The summed E-state index contributed by atoms with van der Waals surface area (Å²) in [5.74, 6) is -0.186. The molecule has 0 saturated carbocycles. The maximum Gasteiger partial charge on any atom is 0.128 e. The summed E-state index contributed by atoms with van der Waals surface area (Å²) in [7, 11) is 0. The Morgan fingerprint density at radius 1 is 1.19 bits per heavy atom. The van der Waals surface area contributed by atoms with Gasteiger partial charge in [-0.1, -0.05) is 25.1 Å². The van der Waals surface area contributed by atoms with E-state index in [-0.39, 0.29) is 5.82 Å². The average molecular weight is 287 g/mol. The molecule has 1 aromatic carbocycles. The van der Waals surface area contributed by atoms with Crippen molar-refractivity contribution in [2.24, 2.45) is 5.73 Å². The first-order chi connectivity index (χ1) is 10.1. The van der Waals surface area contributed by atoms with Crippen molar-refractivity contribution in [2.45, 2.75) is 33.5 Å². The van der Waals surface area contributed by atoms with Crippen molar-refractivity contribution in [3.05, 3.63) is 64.7 Å². The summed E-state index contributed by atoms with van der Waals surface area (Å²) in [6.07, 6.45) is 0. The maximum atomic E-state index is 14.0. The number of hydrogen-bond donors (Lipinski definition) is 1. The fourth-order valence-corrected chi connectivity index (χ4v) is 2.28. The number of pyridine rings is 1. The Hall–Kier alpha value is -1.78. The van der Waals surface area contributed by atoms with E-state index in [2.05, 4.69) is 16.8 Å². The minimum atomic E-state index is -0.186. The van der Waals surface area contributed by atoms with Crippen LogP contribution in [0.15, 0.2) is 36.4 Å². The molecule has 2 aromatic rings. The molecule has 0 radical (unpaired) electrons. The van der Waals surface area contributed by atoms with E-state index in [4.69, 9.17) is 5.73 Å². The van der Waals surface area contributed by atoms with Gasteiger partial charge in [0.25, 0.3) is 0 Å². The first-order valence-corrected chi connectivity index (χ1v) is 7.24. The Labute approximate surface area is 125 Å². The molecular weight excluding hydrogens is 265 g/mol. The zero-order chi connectivity index (χ0) is 15.2. The molecule has 3 nitrogen and oxygen atoms in total. The van der Waals surface area contributed by atoms with Crippen LogP contribution in [0, 0.1) is 12.7 Å². The molecule has 0 bridgehead atoms. The van der Waals surface area contributed by atoms with Crippen LogP contribution in [-0.2, 0) is 19.6 Å². The molecule has 2 rings (SSSR count). The zero-order valence-electron chi connectivity index (χ0n) is 12.6. The maximum absolute atomic E-state index is 14.0. The fraction of sp³-hybridized carbons (Fsp3) is 0.353. The van der Waals surface area contributed by atoms with Gasteiger partial charge in [-0.3, -0.25) is 9.88 Å². The van der Waals surface area contributed by atoms with Gasteiger partial charge in [0.05, 0.1) is 5.69 Å². The predicted molar refractivity (Wildman–Crippen MR) is 83.1 cm³/mol. The molecule has 4 heteroatoms. The molecule has 0 atom stereocenters. The van der Waals surface area contributed by atoms with Gasteiger partial charge in [-0.05, 0) is 37.2 Å². The van der Waals surface area contributed by atoms with Crippen LogP contribution in [-0.4, -0.2) is 16.4 Å². The second-order valence-corrected chi connectivity index (χ2v) is 5.20. The third-order valence-corrected chi connectivity index (χ3v) is 3.53. The van der Waals surface area contributed by atoms with Gasteiger partial charge in [0.2, 0.25) is 0 Å². The second kappa shape index (κ2) is 7.29. The van der Waals surface area contributed by atoms with E-state index >= 15 is 0 Å². The molecule has 0 aliphatic rings. The summed E-state index contributed by atoms with van der Waals surface area (Å²) in [5.41, 5.74) is 9.05. The number of aryl methyl sites for hydroxylation is 1. The topological polar surface area (TPSA) is 42.2 Å². The normalized spacial score (nSPS) is 11.1. The van der Waals surface area contributed by atoms with Crippen molar-refractivity contribution in [3.8, 4) is 0 Å². The first-order valence-electron chi connectivity index (χ1n) is 7.24. The van der Waals surface area contributed by atoms with Crippen molar-refractivity contribution in [3.63, 3.8) is 0 Å². The van der Waals surface area contributed by atoms with E-state index in [0.29, 0.717) is 18.7 Å². The summed E-state index contributed by atoms with van der Waals surface area (Å²) < 4.78 is 14.0. The number of nitrogens with zero attached hydrogens (tertiary/aromatic N) is 2.